The van der Waals surface area contributed by atoms with Crippen LogP contribution in [0.25, 0.3) is 0 Å². The van der Waals surface area contributed by atoms with Crippen molar-refractivity contribution in [3.05, 3.63) is 12.2 Å². The molecule has 0 heterocycles. The van der Waals surface area contributed by atoms with E-state index in [1.807, 2.05) is 0 Å². The molecule has 0 aromatic rings. The van der Waals surface area contributed by atoms with Gasteiger partial charge in [0.1, 0.15) is 0 Å². The molecular weight excluding hydrogens is 300 g/mol. The minimum absolute atomic E-state index is 0.0206. The lowest BCUT2D eigenvalue weighted by atomic mass is 10.1. The average Bonchev–Trinajstić information content (AvgIpc) is 2.58. The SMILES string of the molecule is CCCCCCCC/C=C\CCCCCCCC(=O)NC(N)=NN. The fourth-order valence-electron chi connectivity index (χ4n) is 2.59. The van der Waals surface area contributed by atoms with Gasteiger partial charge in [0, 0.05) is 6.42 Å². The highest BCUT2D eigenvalue weighted by Crippen LogP contribution is 2.09. The molecule has 0 aliphatic carbocycles. The Hall–Kier alpha value is -1.52. The van der Waals surface area contributed by atoms with E-state index in [4.69, 9.17) is 11.6 Å². The number of nitrogens with one attached hydrogen (secondary N) is 1. The van der Waals surface area contributed by atoms with Crippen LogP contribution in [0.5, 0.6) is 0 Å². The van der Waals surface area contributed by atoms with Crippen molar-refractivity contribution in [1.29, 1.82) is 0 Å². The van der Waals surface area contributed by atoms with Crippen molar-refractivity contribution in [3.63, 3.8) is 0 Å². The van der Waals surface area contributed by atoms with Gasteiger partial charge in [0.25, 0.3) is 0 Å². The van der Waals surface area contributed by atoms with Crippen LogP contribution < -0.4 is 16.9 Å². The lowest BCUT2D eigenvalue weighted by Gasteiger charge is -2.03. The van der Waals surface area contributed by atoms with E-state index in [9.17, 15) is 4.79 Å². The number of allylic oxidation sites excluding steroid dienone is 2. The van der Waals surface area contributed by atoms with Crippen molar-refractivity contribution in [2.75, 3.05) is 0 Å². The minimum atomic E-state index is -0.112. The molecule has 0 fully saturated rings. The smallest absolute Gasteiger partial charge is 0.226 e. The Labute approximate surface area is 148 Å². The molecule has 0 saturated heterocycles. The van der Waals surface area contributed by atoms with Crippen LogP contribution in [0, 0.1) is 0 Å². The molecule has 5 nitrogen and oxygen atoms in total. The number of amides is 1. The molecule has 5 heteroatoms. The highest BCUT2D eigenvalue weighted by atomic mass is 16.1. The summed E-state index contributed by atoms with van der Waals surface area (Å²) in [6, 6.07) is 0. The predicted molar refractivity (Wildman–Crippen MR) is 103 cm³/mol. The topological polar surface area (TPSA) is 93.5 Å². The number of nitrogens with zero attached hydrogens (tertiary/aromatic N) is 1. The molecule has 0 radical (unpaired) electrons. The quantitative estimate of drug-likeness (QED) is 0.104. The van der Waals surface area contributed by atoms with E-state index < -0.39 is 0 Å². The van der Waals surface area contributed by atoms with Crippen molar-refractivity contribution in [2.24, 2.45) is 16.7 Å². The molecule has 0 bridgehead atoms. The molecule has 0 spiro atoms. The van der Waals surface area contributed by atoms with Gasteiger partial charge in [-0.05, 0) is 32.1 Å². The Morgan fingerprint density at radius 2 is 1.38 bits per heavy atom. The van der Waals surface area contributed by atoms with Crippen LogP contribution in [0.15, 0.2) is 17.3 Å². The fraction of sp³-hybridized carbons (Fsp3) is 0.789. The molecule has 1 amide bonds. The molecule has 0 aliphatic rings. The van der Waals surface area contributed by atoms with Gasteiger partial charge in [-0.25, -0.2) is 0 Å². The van der Waals surface area contributed by atoms with Gasteiger partial charge in [-0.15, -0.1) is 5.10 Å². The average molecular weight is 339 g/mol. The number of hydrogen-bond donors (Lipinski definition) is 3. The molecule has 0 saturated carbocycles. The van der Waals surface area contributed by atoms with Crippen LogP contribution in [0.4, 0.5) is 0 Å². The molecule has 0 aromatic carbocycles. The summed E-state index contributed by atoms with van der Waals surface area (Å²) in [5.41, 5.74) is 5.32. The van der Waals surface area contributed by atoms with E-state index in [2.05, 4.69) is 29.5 Å². The highest BCUT2D eigenvalue weighted by Gasteiger charge is 2.02. The lowest BCUT2D eigenvalue weighted by molar-refractivity contribution is -0.119. The van der Waals surface area contributed by atoms with Crippen molar-refractivity contribution in [3.8, 4) is 0 Å². The fourth-order valence-corrected chi connectivity index (χ4v) is 2.59. The number of guanidine groups is 1. The number of hydrazone groups is 1. The van der Waals surface area contributed by atoms with Crippen LogP contribution in [-0.4, -0.2) is 11.9 Å². The van der Waals surface area contributed by atoms with Gasteiger partial charge in [-0.3, -0.25) is 10.1 Å². The highest BCUT2D eigenvalue weighted by molar-refractivity contribution is 5.95. The van der Waals surface area contributed by atoms with Crippen molar-refractivity contribution in [2.45, 2.75) is 96.8 Å². The third-order valence-electron chi connectivity index (χ3n) is 4.07. The monoisotopic (exact) mass is 338 g/mol. The maximum atomic E-state index is 11.4. The first kappa shape index (κ1) is 22.5. The number of carbonyl (C=O) groups is 1. The Balaban J connectivity index is 3.24. The standard InChI is InChI=1S/C19H38N4O/c1-2-3-4-5-6-7-8-9-10-11-12-13-14-15-16-17-18(24)22-19(20)23-21/h9-10H,2-8,11-17,21H2,1H3,(H3,20,22,23,24)/b10-9-. The number of hydrogen-bond acceptors (Lipinski definition) is 3. The molecule has 140 valence electrons. The maximum absolute atomic E-state index is 11.4. The number of rotatable bonds is 15. The van der Waals surface area contributed by atoms with Crippen LogP contribution >= 0.6 is 0 Å². The lowest BCUT2D eigenvalue weighted by Crippen LogP contribution is -2.37. The summed E-state index contributed by atoms with van der Waals surface area (Å²) in [4.78, 5) is 11.4. The Morgan fingerprint density at radius 3 is 1.92 bits per heavy atom. The van der Waals surface area contributed by atoms with Gasteiger partial charge in [0.05, 0.1) is 0 Å². The van der Waals surface area contributed by atoms with E-state index >= 15 is 0 Å². The number of unbranched alkanes of at least 4 members (excludes halogenated alkanes) is 11. The summed E-state index contributed by atoms with van der Waals surface area (Å²) in [6.07, 6.45) is 21.4. The first-order chi connectivity index (χ1) is 11.7. The molecule has 0 aromatic heterocycles. The van der Waals surface area contributed by atoms with Crippen molar-refractivity contribution >= 4 is 11.9 Å². The van der Waals surface area contributed by atoms with Crippen molar-refractivity contribution < 1.29 is 4.79 Å². The minimum Gasteiger partial charge on any atom is -0.368 e. The zero-order valence-electron chi connectivity index (χ0n) is 15.6. The van der Waals surface area contributed by atoms with E-state index in [1.54, 1.807) is 0 Å². The van der Waals surface area contributed by atoms with E-state index in [0.29, 0.717) is 6.42 Å². The van der Waals surface area contributed by atoms with Gasteiger partial charge >= 0.3 is 0 Å². The number of nitrogens with two attached hydrogens (primary N) is 2. The normalized spacial score (nSPS) is 12.0. The molecular formula is C19H38N4O. The summed E-state index contributed by atoms with van der Waals surface area (Å²) in [5.74, 6) is 4.82. The van der Waals surface area contributed by atoms with Gasteiger partial charge < -0.3 is 11.6 Å². The van der Waals surface area contributed by atoms with Gasteiger partial charge in [0.15, 0.2) is 0 Å². The second-order valence-electron chi connectivity index (χ2n) is 6.40. The first-order valence-corrected chi connectivity index (χ1v) is 9.69. The summed E-state index contributed by atoms with van der Waals surface area (Å²) in [6.45, 7) is 2.26. The molecule has 5 N–H and O–H groups in total. The van der Waals surface area contributed by atoms with Gasteiger partial charge in [0.2, 0.25) is 11.9 Å². The maximum Gasteiger partial charge on any atom is 0.226 e. The van der Waals surface area contributed by atoms with Crippen molar-refractivity contribution in [1.82, 2.24) is 5.32 Å². The third-order valence-corrected chi connectivity index (χ3v) is 4.07. The molecule has 0 atom stereocenters. The third kappa shape index (κ3) is 16.8. The van der Waals surface area contributed by atoms with Gasteiger partial charge in [-0.2, -0.15) is 0 Å². The summed E-state index contributed by atoms with van der Waals surface area (Å²) in [7, 11) is 0. The Bertz CT molecular complexity index is 353. The molecule has 0 rings (SSSR count). The zero-order valence-corrected chi connectivity index (χ0v) is 15.6. The molecule has 0 aliphatic heterocycles. The summed E-state index contributed by atoms with van der Waals surface area (Å²) < 4.78 is 0. The van der Waals surface area contributed by atoms with Crippen LogP contribution in [0.3, 0.4) is 0 Å². The Morgan fingerprint density at radius 1 is 0.875 bits per heavy atom. The zero-order chi connectivity index (χ0) is 17.9. The van der Waals surface area contributed by atoms with E-state index in [0.717, 1.165) is 12.8 Å². The van der Waals surface area contributed by atoms with Crippen LogP contribution in [-0.2, 0) is 4.79 Å². The van der Waals surface area contributed by atoms with Gasteiger partial charge in [-0.1, -0.05) is 70.4 Å². The second-order valence-corrected chi connectivity index (χ2v) is 6.40. The van der Waals surface area contributed by atoms with E-state index in [-0.39, 0.29) is 11.9 Å². The second kappa shape index (κ2) is 17.8. The Kier molecular flexibility index (Phi) is 16.7. The molecule has 0 unspecified atom stereocenters. The van der Waals surface area contributed by atoms with Crippen LogP contribution in [0.2, 0.25) is 0 Å². The van der Waals surface area contributed by atoms with Crippen LogP contribution in [0.1, 0.15) is 96.8 Å². The van der Waals surface area contributed by atoms with E-state index in [1.165, 1.54) is 70.6 Å². The predicted octanol–water partition coefficient (Wildman–Crippen LogP) is 4.33. The summed E-state index contributed by atoms with van der Waals surface area (Å²) >= 11 is 0. The largest absolute Gasteiger partial charge is 0.368 e. The first-order valence-electron chi connectivity index (χ1n) is 9.69. The summed E-state index contributed by atoms with van der Waals surface area (Å²) in [5, 5.41) is 5.64. The molecule has 24 heavy (non-hydrogen) atoms. The number of carbonyl (C=O) groups excluding carboxylic acids is 1.